The molecule has 3 nitrogen and oxygen atoms in total. The van der Waals surface area contributed by atoms with Gasteiger partial charge in [0.05, 0.1) is 17.3 Å². The van der Waals surface area contributed by atoms with E-state index in [1.165, 1.54) is 12.1 Å². The third kappa shape index (κ3) is 2.80. The standard InChI is InChI=1S/C12H7BrFN3/c13-11-2-1-3-12(17-11)16-10-5-4-8(7-15)6-9(10)14/h1-6H,(H,16,17). The van der Waals surface area contributed by atoms with Gasteiger partial charge in [-0.15, -0.1) is 0 Å². The molecule has 0 unspecified atom stereocenters. The molecule has 0 spiro atoms. The number of aromatic nitrogens is 1. The van der Waals surface area contributed by atoms with Crippen molar-refractivity contribution in [1.82, 2.24) is 4.98 Å². The van der Waals surface area contributed by atoms with Crippen LogP contribution in [0.4, 0.5) is 15.9 Å². The molecular weight excluding hydrogens is 285 g/mol. The Morgan fingerprint density at radius 3 is 2.76 bits per heavy atom. The molecule has 1 aromatic heterocycles. The van der Waals surface area contributed by atoms with Gasteiger partial charge in [-0.25, -0.2) is 9.37 Å². The highest BCUT2D eigenvalue weighted by molar-refractivity contribution is 9.10. The van der Waals surface area contributed by atoms with E-state index in [1.807, 2.05) is 6.07 Å². The first-order valence-electron chi connectivity index (χ1n) is 4.78. The normalized spacial score (nSPS) is 9.71. The summed E-state index contributed by atoms with van der Waals surface area (Å²) in [6.07, 6.45) is 0. The van der Waals surface area contributed by atoms with Crippen molar-refractivity contribution in [3.63, 3.8) is 0 Å². The third-order valence-electron chi connectivity index (χ3n) is 2.08. The zero-order chi connectivity index (χ0) is 12.3. The maximum Gasteiger partial charge on any atom is 0.147 e. The van der Waals surface area contributed by atoms with Crippen LogP contribution in [-0.4, -0.2) is 4.98 Å². The van der Waals surface area contributed by atoms with E-state index >= 15 is 0 Å². The van der Waals surface area contributed by atoms with E-state index in [1.54, 1.807) is 24.3 Å². The molecule has 0 radical (unpaired) electrons. The molecule has 0 fully saturated rings. The molecule has 0 aliphatic rings. The molecule has 0 aliphatic carbocycles. The summed E-state index contributed by atoms with van der Waals surface area (Å²) in [6, 6.07) is 11.4. The van der Waals surface area contributed by atoms with E-state index in [0.717, 1.165) is 0 Å². The van der Waals surface area contributed by atoms with Crippen molar-refractivity contribution in [3.05, 3.63) is 52.4 Å². The van der Waals surface area contributed by atoms with Crippen molar-refractivity contribution in [1.29, 1.82) is 5.26 Å². The zero-order valence-corrected chi connectivity index (χ0v) is 10.2. The molecule has 84 valence electrons. The van der Waals surface area contributed by atoms with E-state index < -0.39 is 5.82 Å². The van der Waals surface area contributed by atoms with E-state index in [2.05, 4.69) is 26.2 Å². The van der Waals surface area contributed by atoms with E-state index in [0.29, 0.717) is 10.4 Å². The molecule has 1 heterocycles. The minimum atomic E-state index is -0.481. The molecule has 0 saturated carbocycles. The molecule has 17 heavy (non-hydrogen) atoms. The lowest BCUT2D eigenvalue weighted by Gasteiger charge is -2.06. The summed E-state index contributed by atoms with van der Waals surface area (Å²) in [5.41, 5.74) is 0.574. The first-order chi connectivity index (χ1) is 8.19. The van der Waals surface area contributed by atoms with Gasteiger partial charge in [-0.05, 0) is 46.3 Å². The van der Waals surface area contributed by atoms with Gasteiger partial charge < -0.3 is 5.32 Å². The summed E-state index contributed by atoms with van der Waals surface area (Å²) in [5.74, 6) is 0.0498. The predicted octanol–water partition coefficient (Wildman–Crippen LogP) is 3.60. The number of hydrogen-bond acceptors (Lipinski definition) is 3. The van der Waals surface area contributed by atoms with Gasteiger partial charge in [0.1, 0.15) is 16.2 Å². The van der Waals surface area contributed by atoms with Crippen LogP contribution in [0, 0.1) is 17.1 Å². The summed E-state index contributed by atoms with van der Waals surface area (Å²) in [4.78, 5) is 4.13. The molecule has 5 heteroatoms. The first-order valence-corrected chi connectivity index (χ1v) is 5.57. The number of halogens is 2. The van der Waals surface area contributed by atoms with Crippen molar-refractivity contribution in [2.24, 2.45) is 0 Å². The van der Waals surface area contributed by atoms with Crippen molar-refractivity contribution in [3.8, 4) is 6.07 Å². The minimum Gasteiger partial charge on any atom is -0.338 e. The average molecular weight is 292 g/mol. The van der Waals surface area contributed by atoms with Gasteiger partial charge in [-0.2, -0.15) is 5.26 Å². The average Bonchev–Trinajstić information content (AvgIpc) is 2.32. The third-order valence-corrected chi connectivity index (χ3v) is 2.52. The molecule has 1 aromatic carbocycles. The lowest BCUT2D eigenvalue weighted by Crippen LogP contribution is -1.96. The SMILES string of the molecule is N#Cc1ccc(Nc2cccc(Br)n2)c(F)c1. The molecule has 0 atom stereocenters. The van der Waals surface area contributed by atoms with Gasteiger partial charge in [0, 0.05) is 0 Å². The second-order valence-electron chi connectivity index (χ2n) is 3.28. The summed E-state index contributed by atoms with van der Waals surface area (Å²) < 4.78 is 14.2. The summed E-state index contributed by atoms with van der Waals surface area (Å²) in [6.45, 7) is 0. The Hall–Kier alpha value is -1.93. The summed E-state index contributed by atoms with van der Waals surface area (Å²) in [7, 11) is 0. The Morgan fingerprint density at radius 2 is 2.12 bits per heavy atom. The molecule has 2 rings (SSSR count). The maximum absolute atomic E-state index is 13.6. The second kappa shape index (κ2) is 4.93. The van der Waals surface area contributed by atoms with Crippen molar-refractivity contribution in [2.45, 2.75) is 0 Å². The van der Waals surface area contributed by atoms with Gasteiger partial charge >= 0.3 is 0 Å². The Morgan fingerprint density at radius 1 is 1.29 bits per heavy atom. The Labute approximate surface area is 106 Å². The van der Waals surface area contributed by atoms with Crippen molar-refractivity contribution < 1.29 is 4.39 Å². The highest BCUT2D eigenvalue weighted by atomic mass is 79.9. The Balaban J connectivity index is 2.28. The predicted molar refractivity (Wildman–Crippen MR) is 66.3 cm³/mol. The number of hydrogen-bond donors (Lipinski definition) is 1. The van der Waals surface area contributed by atoms with Crippen molar-refractivity contribution >= 4 is 27.4 Å². The van der Waals surface area contributed by atoms with Gasteiger partial charge in [0.25, 0.3) is 0 Å². The summed E-state index contributed by atoms with van der Waals surface area (Å²) >= 11 is 3.23. The second-order valence-corrected chi connectivity index (χ2v) is 4.09. The maximum atomic E-state index is 13.6. The molecule has 0 aliphatic heterocycles. The highest BCUT2D eigenvalue weighted by Crippen LogP contribution is 2.20. The Bertz CT molecular complexity index is 593. The first kappa shape index (κ1) is 11.6. The van der Waals surface area contributed by atoms with Crippen LogP contribution in [0.1, 0.15) is 5.56 Å². The van der Waals surface area contributed by atoms with Crippen LogP contribution in [0.3, 0.4) is 0 Å². The van der Waals surface area contributed by atoms with Gasteiger partial charge in [0.2, 0.25) is 0 Å². The van der Waals surface area contributed by atoms with Crippen LogP contribution in [-0.2, 0) is 0 Å². The smallest absolute Gasteiger partial charge is 0.147 e. The van der Waals surface area contributed by atoms with Crippen molar-refractivity contribution in [2.75, 3.05) is 5.32 Å². The van der Waals surface area contributed by atoms with E-state index in [-0.39, 0.29) is 11.3 Å². The fourth-order valence-corrected chi connectivity index (χ4v) is 1.65. The van der Waals surface area contributed by atoms with Crippen LogP contribution < -0.4 is 5.32 Å². The lowest BCUT2D eigenvalue weighted by molar-refractivity contribution is 0.631. The number of nitrogens with one attached hydrogen (secondary N) is 1. The fourth-order valence-electron chi connectivity index (χ4n) is 1.30. The molecule has 0 bridgehead atoms. The van der Waals surface area contributed by atoms with Crippen LogP contribution in [0.2, 0.25) is 0 Å². The number of anilines is 2. The minimum absolute atomic E-state index is 0.287. The Kier molecular flexibility index (Phi) is 3.35. The van der Waals surface area contributed by atoms with E-state index in [4.69, 9.17) is 5.26 Å². The number of nitriles is 1. The number of rotatable bonds is 2. The number of benzene rings is 1. The van der Waals surface area contributed by atoms with Crippen LogP contribution in [0.15, 0.2) is 41.0 Å². The highest BCUT2D eigenvalue weighted by Gasteiger charge is 2.04. The molecule has 1 N–H and O–H groups in total. The number of pyridine rings is 1. The van der Waals surface area contributed by atoms with Crippen LogP contribution in [0.5, 0.6) is 0 Å². The van der Waals surface area contributed by atoms with Gasteiger partial charge in [-0.1, -0.05) is 6.07 Å². The molecular formula is C12H7BrFN3. The number of nitrogens with zero attached hydrogens (tertiary/aromatic N) is 2. The van der Waals surface area contributed by atoms with Crippen LogP contribution >= 0.6 is 15.9 Å². The van der Waals surface area contributed by atoms with Gasteiger partial charge in [-0.3, -0.25) is 0 Å². The zero-order valence-electron chi connectivity index (χ0n) is 8.61. The summed E-state index contributed by atoms with van der Waals surface area (Å²) in [5, 5.41) is 11.5. The largest absolute Gasteiger partial charge is 0.338 e. The lowest BCUT2D eigenvalue weighted by atomic mass is 10.2. The van der Waals surface area contributed by atoms with E-state index in [9.17, 15) is 4.39 Å². The quantitative estimate of drug-likeness (QED) is 0.860. The monoisotopic (exact) mass is 291 g/mol. The van der Waals surface area contributed by atoms with Crippen LogP contribution in [0.25, 0.3) is 0 Å². The molecule has 0 saturated heterocycles. The molecule has 0 amide bonds. The van der Waals surface area contributed by atoms with Gasteiger partial charge in [0.15, 0.2) is 0 Å². The fraction of sp³-hybridized carbons (Fsp3) is 0. The topological polar surface area (TPSA) is 48.7 Å². The molecule has 2 aromatic rings.